The number of hydrogen-bond acceptors (Lipinski definition) is 1. The van der Waals surface area contributed by atoms with Crippen LogP contribution in [0.15, 0.2) is 24.3 Å². The Morgan fingerprint density at radius 3 is 2.85 bits per heavy atom. The van der Waals surface area contributed by atoms with Crippen LogP contribution in [0.4, 0.5) is 9.18 Å². The van der Waals surface area contributed by atoms with E-state index in [1.165, 1.54) is 17.0 Å². The lowest BCUT2D eigenvalue weighted by atomic mass is 10.2. The van der Waals surface area contributed by atoms with Gasteiger partial charge in [-0.2, -0.15) is 0 Å². The fourth-order valence-corrected chi connectivity index (χ4v) is 0.987. The number of carbonyl (C=O) groups is 1. The zero-order valence-corrected chi connectivity index (χ0v) is 7.33. The highest BCUT2D eigenvalue weighted by molar-refractivity contribution is 5.71. The first-order chi connectivity index (χ1) is 6.09. The summed E-state index contributed by atoms with van der Waals surface area (Å²) in [5.41, 5.74) is 5.74. The molecule has 0 aliphatic carbocycles. The number of rotatable bonds is 2. The number of primary amides is 1. The molecule has 0 spiro atoms. The van der Waals surface area contributed by atoms with Crippen LogP contribution in [0.3, 0.4) is 0 Å². The largest absolute Gasteiger partial charge is 0.351 e. The van der Waals surface area contributed by atoms with E-state index in [1.54, 1.807) is 19.2 Å². The molecule has 0 aromatic heterocycles. The molecule has 0 saturated heterocycles. The van der Waals surface area contributed by atoms with Gasteiger partial charge in [-0.3, -0.25) is 0 Å². The topological polar surface area (TPSA) is 46.3 Å². The van der Waals surface area contributed by atoms with Gasteiger partial charge in [0.15, 0.2) is 0 Å². The Bertz CT molecular complexity index is 314. The second kappa shape index (κ2) is 3.89. The minimum Gasteiger partial charge on any atom is -0.351 e. The van der Waals surface area contributed by atoms with Crippen LogP contribution in [-0.2, 0) is 6.54 Å². The Hall–Kier alpha value is -1.58. The van der Waals surface area contributed by atoms with Crippen molar-refractivity contribution < 1.29 is 9.18 Å². The number of carbonyl (C=O) groups excluding carboxylic acids is 1. The summed E-state index contributed by atoms with van der Waals surface area (Å²) in [6, 6.07) is 5.54. The van der Waals surface area contributed by atoms with E-state index in [0.717, 1.165) is 5.56 Å². The van der Waals surface area contributed by atoms with Crippen molar-refractivity contribution in [2.24, 2.45) is 5.73 Å². The van der Waals surface area contributed by atoms with E-state index in [-0.39, 0.29) is 5.82 Å². The molecule has 0 bridgehead atoms. The molecule has 1 rings (SSSR count). The van der Waals surface area contributed by atoms with Gasteiger partial charge in [-0.1, -0.05) is 12.1 Å². The first-order valence-corrected chi connectivity index (χ1v) is 3.84. The van der Waals surface area contributed by atoms with E-state index >= 15 is 0 Å². The smallest absolute Gasteiger partial charge is 0.314 e. The number of halogens is 1. The van der Waals surface area contributed by atoms with Gasteiger partial charge in [0.25, 0.3) is 0 Å². The first-order valence-electron chi connectivity index (χ1n) is 3.84. The lowest BCUT2D eigenvalue weighted by Crippen LogP contribution is -2.31. The van der Waals surface area contributed by atoms with Crippen LogP contribution in [0.2, 0.25) is 0 Å². The zero-order valence-electron chi connectivity index (χ0n) is 7.33. The van der Waals surface area contributed by atoms with Crippen LogP contribution in [0.1, 0.15) is 5.56 Å². The predicted octanol–water partition coefficient (Wildman–Crippen LogP) is 1.34. The molecule has 2 N–H and O–H groups in total. The van der Waals surface area contributed by atoms with E-state index in [1.807, 2.05) is 0 Å². The minimum atomic E-state index is -0.524. The number of benzene rings is 1. The van der Waals surface area contributed by atoms with Gasteiger partial charge >= 0.3 is 6.03 Å². The maximum Gasteiger partial charge on any atom is 0.314 e. The van der Waals surface area contributed by atoms with Gasteiger partial charge in [0, 0.05) is 13.6 Å². The number of nitrogens with zero attached hydrogens (tertiary/aromatic N) is 1. The molecular weight excluding hydrogens is 171 g/mol. The third kappa shape index (κ3) is 2.74. The van der Waals surface area contributed by atoms with Crippen LogP contribution in [0.5, 0.6) is 0 Å². The second-order valence-corrected chi connectivity index (χ2v) is 2.82. The van der Waals surface area contributed by atoms with Crippen molar-refractivity contribution in [3.05, 3.63) is 35.6 Å². The summed E-state index contributed by atoms with van der Waals surface area (Å²) in [7, 11) is 1.56. The Kier molecular flexibility index (Phi) is 2.84. The van der Waals surface area contributed by atoms with Crippen molar-refractivity contribution in [1.29, 1.82) is 0 Å². The molecule has 0 aliphatic heterocycles. The maximum atomic E-state index is 12.7. The third-order valence-electron chi connectivity index (χ3n) is 1.68. The maximum absolute atomic E-state index is 12.7. The molecular formula is C9H11FN2O. The van der Waals surface area contributed by atoms with Crippen molar-refractivity contribution in [2.75, 3.05) is 7.05 Å². The predicted molar refractivity (Wildman–Crippen MR) is 47.5 cm³/mol. The van der Waals surface area contributed by atoms with Gasteiger partial charge in [0.1, 0.15) is 5.82 Å². The molecule has 1 aromatic rings. The molecule has 0 saturated carbocycles. The lowest BCUT2D eigenvalue weighted by molar-refractivity contribution is 0.216. The highest BCUT2D eigenvalue weighted by atomic mass is 19.1. The van der Waals surface area contributed by atoms with Crippen molar-refractivity contribution in [3.8, 4) is 0 Å². The van der Waals surface area contributed by atoms with Crippen LogP contribution < -0.4 is 5.73 Å². The molecule has 3 nitrogen and oxygen atoms in total. The Labute approximate surface area is 76.0 Å². The Morgan fingerprint density at radius 1 is 1.62 bits per heavy atom. The van der Waals surface area contributed by atoms with E-state index in [4.69, 9.17) is 5.73 Å². The van der Waals surface area contributed by atoms with Crippen molar-refractivity contribution in [1.82, 2.24) is 4.90 Å². The second-order valence-electron chi connectivity index (χ2n) is 2.82. The zero-order chi connectivity index (χ0) is 9.84. The molecule has 0 atom stereocenters. The number of nitrogens with two attached hydrogens (primary N) is 1. The molecule has 1 aromatic carbocycles. The highest BCUT2D eigenvalue weighted by Gasteiger charge is 2.03. The summed E-state index contributed by atoms with van der Waals surface area (Å²) in [5.74, 6) is -0.310. The number of urea groups is 1. The standard InChI is InChI=1S/C9H11FN2O/c1-12(9(11)13)6-7-3-2-4-8(10)5-7/h2-5H,6H2,1H3,(H2,11,13). The average Bonchev–Trinajstić information content (AvgIpc) is 2.04. The summed E-state index contributed by atoms with van der Waals surface area (Å²) >= 11 is 0. The number of hydrogen-bond donors (Lipinski definition) is 1. The summed E-state index contributed by atoms with van der Waals surface area (Å²) in [4.78, 5) is 12.0. The Morgan fingerprint density at radius 2 is 2.31 bits per heavy atom. The molecule has 70 valence electrons. The molecule has 4 heteroatoms. The van der Waals surface area contributed by atoms with Crippen LogP contribution in [0, 0.1) is 5.82 Å². The molecule has 2 amide bonds. The fourth-order valence-electron chi connectivity index (χ4n) is 0.987. The van der Waals surface area contributed by atoms with Crippen molar-refractivity contribution >= 4 is 6.03 Å². The molecule has 0 heterocycles. The van der Waals surface area contributed by atoms with Crippen LogP contribution >= 0.6 is 0 Å². The van der Waals surface area contributed by atoms with Crippen molar-refractivity contribution in [3.63, 3.8) is 0 Å². The van der Waals surface area contributed by atoms with E-state index in [2.05, 4.69) is 0 Å². The monoisotopic (exact) mass is 182 g/mol. The Balaban J connectivity index is 2.69. The molecule has 0 unspecified atom stereocenters. The number of amides is 2. The summed E-state index contributed by atoms with van der Waals surface area (Å²) < 4.78 is 12.7. The summed E-state index contributed by atoms with van der Waals surface area (Å²) in [5, 5.41) is 0. The van der Waals surface area contributed by atoms with E-state index in [0.29, 0.717) is 6.54 Å². The van der Waals surface area contributed by atoms with Gasteiger partial charge in [0.2, 0.25) is 0 Å². The fraction of sp³-hybridized carbons (Fsp3) is 0.222. The first kappa shape index (κ1) is 9.51. The van der Waals surface area contributed by atoms with Gasteiger partial charge in [-0.15, -0.1) is 0 Å². The van der Waals surface area contributed by atoms with Crippen LogP contribution in [0.25, 0.3) is 0 Å². The quantitative estimate of drug-likeness (QED) is 0.737. The van der Waals surface area contributed by atoms with Gasteiger partial charge < -0.3 is 10.6 Å². The van der Waals surface area contributed by atoms with Gasteiger partial charge in [0.05, 0.1) is 0 Å². The normalized spacial score (nSPS) is 9.69. The lowest BCUT2D eigenvalue weighted by Gasteiger charge is -2.13. The van der Waals surface area contributed by atoms with E-state index in [9.17, 15) is 9.18 Å². The third-order valence-corrected chi connectivity index (χ3v) is 1.68. The highest BCUT2D eigenvalue weighted by Crippen LogP contribution is 2.05. The SMILES string of the molecule is CN(Cc1cccc(F)c1)C(N)=O. The molecule has 0 aliphatic rings. The molecule has 13 heavy (non-hydrogen) atoms. The summed E-state index contributed by atoms with van der Waals surface area (Å²) in [6.45, 7) is 0.326. The molecule has 0 radical (unpaired) electrons. The van der Waals surface area contributed by atoms with Crippen molar-refractivity contribution in [2.45, 2.75) is 6.54 Å². The van der Waals surface area contributed by atoms with Gasteiger partial charge in [-0.25, -0.2) is 9.18 Å². The van der Waals surface area contributed by atoms with Crippen LogP contribution in [-0.4, -0.2) is 18.0 Å². The summed E-state index contributed by atoms with van der Waals surface area (Å²) in [6.07, 6.45) is 0. The van der Waals surface area contributed by atoms with Gasteiger partial charge in [-0.05, 0) is 17.7 Å². The minimum absolute atomic E-state index is 0.310. The molecule has 0 fully saturated rings. The van der Waals surface area contributed by atoms with E-state index < -0.39 is 6.03 Å². The average molecular weight is 182 g/mol.